The Bertz CT molecular complexity index is 761. The Morgan fingerprint density at radius 2 is 1.62 bits per heavy atom. The second-order valence-electron chi connectivity index (χ2n) is 7.27. The molecule has 2 aromatic rings. The average molecular weight is 396 g/mol. The number of likely N-dealkylation sites (N-methyl/N-ethyl adjacent to an activating group) is 1. The summed E-state index contributed by atoms with van der Waals surface area (Å²) in [5.74, 6) is 0.626. The highest BCUT2D eigenvalue weighted by atomic mass is 16.2. The lowest BCUT2D eigenvalue weighted by Gasteiger charge is -2.21. The van der Waals surface area contributed by atoms with Crippen LogP contribution in [-0.4, -0.2) is 57.5 Å². The number of guanidine groups is 1. The van der Waals surface area contributed by atoms with E-state index in [0.717, 1.165) is 19.5 Å². The van der Waals surface area contributed by atoms with E-state index >= 15 is 0 Å². The molecule has 1 unspecified atom stereocenters. The molecule has 6 nitrogen and oxygen atoms in total. The normalized spacial score (nSPS) is 12.2. The Hall–Kier alpha value is -3.02. The zero-order chi connectivity index (χ0) is 21.1. The first-order valence-electron chi connectivity index (χ1n) is 10.0. The van der Waals surface area contributed by atoms with Crippen LogP contribution in [0.1, 0.15) is 24.9 Å². The number of amides is 1. The summed E-state index contributed by atoms with van der Waals surface area (Å²) < 4.78 is 0. The van der Waals surface area contributed by atoms with E-state index in [9.17, 15) is 4.79 Å². The van der Waals surface area contributed by atoms with Crippen molar-refractivity contribution >= 4 is 17.6 Å². The molecule has 0 aromatic heterocycles. The van der Waals surface area contributed by atoms with E-state index in [1.54, 1.807) is 19.0 Å². The van der Waals surface area contributed by atoms with Crippen LogP contribution in [0.25, 0.3) is 0 Å². The fourth-order valence-corrected chi connectivity index (χ4v) is 2.81. The Morgan fingerprint density at radius 1 is 1.00 bits per heavy atom. The summed E-state index contributed by atoms with van der Waals surface area (Å²) in [4.78, 5) is 20.2. The fourth-order valence-electron chi connectivity index (χ4n) is 2.81. The molecule has 0 aliphatic carbocycles. The number of anilines is 1. The van der Waals surface area contributed by atoms with E-state index in [2.05, 4.69) is 58.8 Å². The Labute approximate surface area is 174 Å². The van der Waals surface area contributed by atoms with Gasteiger partial charge in [0.05, 0.1) is 6.04 Å². The van der Waals surface area contributed by atoms with Gasteiger partial charge in [0, 0.05) is 39.9 Å². The number of nitrogens with zero attached hydrogens (tertiary/aromatic N) is 3. The van der Waals surface area contributed by atoms with Gasteiger partial charge < -0.3 is 20.4 Å². The maximum Gasteiger partial charge on any atom is 0.243 e. The van der Waals surface area contributed by atoms with Crippen LogP contribution >= 0.6 is 0 Å². The van der Waals surface area contributed by atoms with Gasteiger partial charge in [-0.25, -0.2) is 4.99 Å². The maximum absolute atomic E-state index is 11.9. The molecule has 0 saturated carbocycles. The van der Waals surface area contributed by atoms with Crippen molar-refractivity contribution in [1.82, 2.24) is 15.5 Å². The number of para-hydroxylation sites is 1. The summed E-state index contributed by atoms with van der Waals surface area (Å²) in [7, 11) is 5.57. The lowest BCUT2D eigenvalue weighted by molar-refractivity contribution is -0.127. The van der Waals surface area contributed by atoms with Gasteiger partial charge in [-0.15, -0.1) is 0 Å². The Morgan fingerprint density at radius 3 is 2.24 bits per heavy atom. The predicted octanol–water partition coefficient (Wildman–Crippen LogP) is 2.90. The van der Waals surface area contributed by atoms with Crippen molar-refractivity contribution in [2.24, 2.45) is 4.99 Å². The molecule has 0 radical (unpaired) electrons. The van der Waals surface area contributed by atoms with Crippen LogP contribution in [0, 0.1) is 0 Å². The number of aliphatic imine (C=N–C) groups is 1. The molecule has 29 heavy (non-hydrogen) atoms. The topological polar surface area (TPSA) is 60.0 Å². The maximum atomic E-state index is 11.9. The minimum Gasteiger partial charge on any atom is -0.375 e. The minimum absolute atomic E-state index is 0.0257. The zero-order valence-corrected chi connectivity index (χ0v) is 17.9. The third kappa shape index (κ3) is 7.86. The van der Waals surface area contributed by atoms with Crippen LogP contribution in [-0.2, 0) is 4.79 Å². The van der Waals surface area contributed by atoms with Gasteiger partial charge in [-0.3, -0.25) is 4.79 Å². The quantitative estimate of drug-likeness (QED) is 0.389. The lowest BCUT2D eigenvalue weighted by Crippen LogP contribution is -2.40. The number of nitrogens with one attached hydrogen (secondary N) is 2. The molecule has 1 atom stereocenters. The van der Waals surface area contributed by atoms with Gasteiger partial charge in [-0.05, 0) is 31.0 Å². The predicted molar refractivity (Wildman–Crippen MR) is 121 cm³/mol. The van der Waals surface area contributed by atoms with Crippen LogP contribution in [0.5, 0.6) is 0 Å². The summed E-state index contributed by atoms with van der Waals surface area (Å²) in [6, 6.07) is 20.6. The largest absolute Gasteiger partial charge is 0.375 e. The Balaban J connectivity index is 1.90. The second kappa shape index (κ2) is 11.7. The molecular formula is C23H33N5O. The van der Waals surface area contributed by atoms with E-state index in [1.165, 1.54) is 11.3 Å². The molecule has 0 bridgehead atoms. The van der Waals surface area contributed by atoms with Gasteiger partial charge in [-0.2, -0.15) is 0 Å². The first-order chi connectivity index (χ1) is 14.0. The molecule has 1 amide bonds. The van der Waals surface area contributed by atoms with Crippen LogP contribution in [0.3, 0.4) is 0 Å². The average Bonchev–Trinajstić information content (AvgIpc) is 2.75. The van der Waals surface area contributed by atoms with Gasteiger partial charge in [0.25, 0.3) is 0 Å². The molecular weight excluding hydrogens is 362 g/mol. The summed E-state index contributed by atoms with van der Waals surface area (Å²) >= 11 is 0. The van der Waals surface area contributed by atoms with Crippen LogP contribution in [0.2, 0.25) is 0 Å². The smallest absolute Gasteiger partial charge is 0.243 e. The molecule has 0 saturated heterocycles. The van der Waals surface area contributed by atoms with Crippen molar-refractivity contribution in [3.05, 3.63) is 66.2 Å². The molecule has 0 heterocycles. The van der Waals surface area contributed by atoms with Gasteiger partial charge in [0.1, 0.15) is 6.54 Å². The lowest BCUT2D eigenvalue weighted by atomic mass is 10.1. The monoisotopic (exact) mass is 395 g/mol. The van der Waals surface area contributed by atoms with E-state index in [-0.39, 0.29) is 18.5 Å². The number of rotatable bonds is 9. The van der Waals surface area contributed by atoms with E-state index in [1.807, 2.05) is 36.4 Å². The molecule has 2 rings (SSSR count). The third-order valence-corrected chi connectivity index (χ3v) is 4.68. The number of carbonyl (C=O) groups is 1. The van der Waals surface area contributed by atoms with Crippen molar-refractivity contribution < 1.29 is 4.79 Å². The van der Waals surface area contributed by atoms with E-state index in [4.69, 9.17) is 0 Å². The fraction of sp³-hybridized carbons (Fsp3) is 0.391. The first-order valence-corrected chi connectivity index (χ1v) is 10.0. The highest BCUT2D eigenvalue weighted by molar-refractivity contribution is 5.85. The standard InChI is InChI=1S/C23H33N5O/c1-19(20-12-7-5-8-13-20)26-23(25-18-22(29)27(2)3)24-16-11-17-28(4)21-14-9-6-10-15-21/h5-10,12-15,19H,11,16-18H2,1-4H3,(H2,24,25,26). The minimum atomic E-state index is -0.0257. The Kier molecular flexibility index (Phi) is 9.02. The van der Waals surface area contributed by atoms with E-state index in [0.29, 0.717) is 5.96 Å². The van der Waals surface area contributed by atoms with Gasteiger partial charge in [-0.1, -0.05) is 48.5 Å². The molecule has 156 valence electrons. The van der Waals surface area contributed by atoms with Gasteiger partial charge >= 0.3 is 0 Å². The molecule has 0 aliphatic heterocycles. The number of hydrogen-bond donors (Lipinski definition) is 2. The third-order valence-electron chi connectivity index (χ3n) is 4.68. The SMILES string of the molecule is CC(NC(=NCC(=O)N(C)C)NCCCN(C)c1ccccc1)c1ccccc1. The molecule has 0 fully saturated rings. The number of hydrogen-bond acceptors (Lipinski definition) is 3. The zero-order valence-electron chi connectivity index (χ0n) is 17.9. The van der Waals surface area contributed by atoms with Gasteiger partial charge in [0.2, 0.25) is 5.91 Å². The first kappa shape index (κ1) is 22.3. The van der Waals surface area contributed by atoms with Crippen LogP contribution in [0.15, 0.2) is 65.7 Å². The summed E-state index contributed by atoms with van der Waals surface area (Å²) in [5, 5.41) is 6.76. The van der Waals surface area contributed by atoms with Crippen molar-refractivity contribution in [2.75, 3.05) is 45.7 Å². The highest BCUT2D eigenvalue weighted by Gasteiger charge is 2.09. The molecule has 2 N–H and O–H groups in total. The highest BCUT2D eigenvalue weighted by Crippen LogP contribution is 2.12. The van der Waals surface area contributed by atoms with Crippen molar-refractivity contribution in [1.29, 1.82) is 0 Å². The van der Waals surface area contributed by atoms with Gasteiger partial charge in [0.15, 0.2) is 5.96 Å². The van der Waals surface area contributed by atoms with Crippen molar-refractivity contribution in [3.63, 3.8) is 0 Å². The van der Waals surface area contributed by atoms with Crippen LogP contribution in [0.4, 0.5) is 5.69 Å². The summed E-state index contributed by atoms with van der Waals surface area (Å²) in [5.41, 5.74) is 2.37. The summed E-state index contributed by atoms with van der Waals surface area (Å²) in [6.07, 6.45) is 0.952. The van der Waals surface area contributed by atoms with Crippen molar-refractivity contribution in [2.45, 2.75) is 19.4 Å². The molecule has 0 aliphatic rings. The van der Waals surface area contributed by atoms with Crippen molar-refractivity contribution in [3.8, 4) is 0 Å². The van der Waals surface area contributed by atoms with Crippen LogP contribution < -0.4 is 15.5 Å². The second-order valence-corrected chi connectivity index (χ2v) is 7.27. The number of benzene rings is 2. The molecule has 6 heteroatoms. The number of carbonyl (C=O) groups excluding carboxylic acids is 1. The van der Waals surface area contributed by atoms with E-state index < -0.39 is 0 Å². The molecule has 0 spiro atoms. The summed E-state index contributed by atoms with van der Waals surface area (Å²) in [6.45, 7) is 3.90. The molecule has 2 aromatic carbocycles.